The number of carboxylic acid groups (broad SMARTS) is 1. The first-order valence-corrected chi connectivity index (χ1v) is 6.26. The third kappa shape index (κ3) is 3.14. The summed E-state index contributed by atoms with van der Waals surface area (Å²) in [5, 5.41) is 11.5. The molecule has 17 heavy (non-hydrogen) atoms. The molecule has 1 aromatic heterocycles. The number of thiazole rings is 1. The number of hydrogen-bond donors (Lipinski definition) is 1. The molecular formula is C13H13NO2S. The summed E-state index contributed by atoms with van der Waals surface area (Å²) in [6.45, 7) is 2.05. The molecule has 0 aliphatic heterocycles. The molecule has 0 fully saturated rings. The van der Waals surface area contributed by atoms with Gasteiger partial charge in [0.2, 0.25) is 0 Å². The van der Waals surface area contributed by atoms with Gasteiger partial charge in [-0.05, 0) is 6.92 Å². The second kappa shape index (κ2) is 5.10. The standard InChI is InChI=1S/C13H13NO2S/c1-9-2-4-10(5-3-9)13-14-11(8-17-13)6-7-12(15)16/h2-5,8H,6-7H2,1H3,(H,15,16). The zero-order valence-electron chi connectivity index (χ0n) is 9.51. The van der Waals surface area contributed by atoms with E-state index in [9.17, 15) is 4.79 Å². The molecule has 0 aliphatic rings. The first-order valence-electron chi connectivity index (χ1n) is 5.38. The third-order valence-corrected chi connectivity index (χ3v) is 3.39. The lowest BCUT2D eigenvalue weighted by molar-refractivity contribution is -0.136. The van der Waals surface area contributed by atoms with Crippen LogP contribution in [0.2, 0.25) is 0 Å². The highest BCUT2D eigenvalue weighted by Crippen LogP contribution is 2.24. The van der Waals surface area contributed by atoms with E-state index in [2.05, 4.69) is 4.98 Å². The highest BCUT2D eigenvalue weighted by molar-refractivity contribution is 7.13. The fourth-order valence-electron chi connectivity index (χ4n) is 1.49. The fraction of sp³-hybridized carbons (Fsp3) is 0.231. The van der Waals surface area contributed by atoms with Crippen LogP contribution in [0.1, 0.15) is 17.7 Å². The Kier molecular flexibility index (Phi) is 3.54. The maximum atomic E-state index is 10.5. The first kappa shape index (κ1) is 11.8. The van der Waals surface area contributed by atoms with Gasteiger partial charge in [-0.15, -0.1) is 11.3 Å². The Hall–Kier alpha value is -1.68. The van der Waals surface area contributed by atoms with Crippen LogP contribution in [0.3, 0.4) is 0 Å². The van der Waals surface area contributed by atoms with Gasteiger partial charge in [-0.25, -0.2) is 4.98 Å². The van der Waals surface area contributed by atoms with Crippen LogP contribution < -0.4 is 0 Å². The van der Waals surface area contributed by atoms with Crippen molar-refractivity contribution in [3.05, 3.63) is 40.9 Å². The predicted octanol–water partition coefficient (Wildman–Crippen LogP) is 3.14. The summed E-state index contributed by atoms with van der Waals surface area (Å²) in [6, 6.07) is 8.17. The number of aliphatic carboxylic acids is 1. The van der Waals surface area contributed by atoms with E-state index < -0.39 is 5.97 Å². The summed E-state index contributed by atoms with van der Waals surface area (Å²) < 4.78 is 0. The van der Waals surface area contributed by atoms with Crippen molar-refractivity contribution in [3.8, 4) is 10.6 Å². The van der Waals surface area contributed by atoms with Crippen molar-refractivity contribution in [2.75, 3.05) is 0 Å². The smallest absolute Gasteiger partial charge is 0.303 e. The van der Waals surface area contributed by atoms with Crippen LogP contribution in [0.5, 0.6) is 0 Å². The lowest BCUT2D eigenvalue weighted by atomic mass is 10.2. The molecule has 0 unspecified atom stereocenters. The van der Waals surface area contributed by atoms with E-state index in [1.807, 2.05) is 36.6 Å². The molecular weight excluding hydrogens is 234 g/mol. The SMILES string of the molecule is Cc1ccc(-c2nc(CCC(=O)O)cs2)cc1. The van der Waals surface area contributed by atoms with Crippen LogP contribution in [0.25, 0.3) is 10.6 Å². The number of carboxylic acids is 1. The normalized spacial score (nSPS) is 10.4. The number of carbonyl (C=O) groups is 1. The Bertz CT molecular complexity index is 516. The summed E-state index contributed by atoms with van der Waals surface area (Å²) in [5.41, 5.74) is 3.16. The van der Waals surface area contributed by atoms with E-state index in [0.717, 1.165) is 16.3 Å². The second-order valence-electron chi connectivity index (χ2n) is 3.90. The molecule has 0 atom stereocenters. The van der Waals surface area contributed by atoms with E-state index in [0.29, 0.717) is 6.42 Å². The van der Waals surface area contributed by atoms with E-state index in [4.69, 9.17) is 5.11 Å². The molecule has 0 amide bonds. The van der Waals surface area contributed by atoms with Gasteiger partial charge in [0.1, 0.15) is 5.01 Å². The van der Waals surface area contributed by atoms with E-state index in [1.54, 1.807) is 11.3 Å². The lowest BCUT2D eigenvalue weighted by Crippen LogP contribution is -1.97. The number of aromatic nitrogens is 1. The Morgan fingerprint density at radius 2 is 2.06 bits per heavy atom. The maximum Gasteiger partial charge on any atom is 0.303 e. The summed E-state index contributed by atoms with van der Waals surface area (Å²) >= 11 is 1.56. The average Bonchev–Trinajstić information content (AvgIpc) is 2.76. The van der Waals surface area contributed by atoms with Crippen molar-refractivity contribution in [2.24, 2.45) is 0 Å². The van der Waals surface area contributed by atoms with Crippen LogP contribution in [0.15, 0.2) is 29.6 Å². The zero-order valence-corrected chi connectivity index (χ0v) is 10.3. The molecule has 1 heterocycles. The predicted molar refractivity (Wildman–Crippen MR) is 68.2 cm³/mol. The first-order chi connectivity index (χ1) is 8.15. The van der Waals surface area contributed by atoms with Gasteiger partial charge in [0.05, 0.1) is 12.1 Å². The fourth-order valence-corrected chi connectivity index (χ4v) is 2.35. The largest absolute Gasteiger partial charge is 0.481 e. The van der Waals surface area contributed by atoms with E-state index in [1.165, 1.54) is 5.56 Å². The van der Waals surface area contributed by atoms with Gasteiger partial charge in [-0.3, -0.25) is 4.79 Å². The molecule has 2 rings (SSSR count). The summed E-state index contributed by atoms with van der Waals surface area (Å²) in [7, 11) is 0. The topological polar surface area (TPSA) is 50.2 Å². The Labute approximate surface area is 104 Å². The van der Waals surface area contributed by atoms with Crippen LogP contribution in [-0.2, 0) is 11.2 Å². The Morgan fingerprint density at radius 3 is 2.71 bits per heavy atom. The number of hydrogen-bond acceptors (Lipinski definition) is 3. The van der Waals surface area contributed by atoms with Crippen molar-refractivity contribution in [1.82, 2.24) is 4.98 Å². The van der Waals surface area contributed by atoms with Gasteiger partial charge in [0.25, 0.3) is 0 Å². The Balaban J connectivity index is 2.12. The van der Waals surface area contributed by atoms with Crippen molar-refractivity contribution in [3.63, 3.8) is 0 Å². The minimum atomic E-state index is -0.783. The highest BCUT2D eigenvalue weighted by Gasteiger charge is 2.06. The van der Waals surface area contributed by atoms with Crippen molar-refractivity contribution in [1.29, 1.82) is 0 Å². The molecule has 0 bridgehead atoms. The summed E-state index contributed by atoms with van der Waals surface area (Å²) in [4.78, 5) is 14.9. The molecule has 0 aliphatic carbocycles. The van der Waals surface area contributed by atoms with Gasteiger partial charge in [0.15, 0.2) is 0 Å². The molecule has 1 N–H and O–H groups in total. The van der Waals surface area contributed by atoms with E-state index >= 15 is 0 Å². The third-order valence-electron chi connectivity index (χ3n) is 2.45. The van der Waals surface area contributed by atoms with Crippen LogP contribution in [0, 0.1) is 6.92 Å². The quantitative estimate of drug-likeness (QED) is 0.903. The van der Waals surface area contributed by atoms with Crippen LogP contribution in [-0.4, -0.2) is 16.1 Å². The van der Waals surface area contributed by atoms with Crippen molar-refractivity contribution >= 4 is 17.3 Å². The summed E-state index contributed by atoms with van der Waals surface area (Å²) in [6.07, 6.45) is 0.634. The van der Waals surface area contributed by atoms with Gasteiger partial charge >= 0.3 is 5.97 Å². The molecule has 0 saturated carbocycles. The number of aryl methyl sites for hydroxylation is 2. The van der Waals surface area contributed by atoms with Gasteiger partial charge in [0, 0.05) is 17.4 Å². The maximum absolute atomic E-state index is 10.5. The number of benzene rings is 1. The minimum absolute atomic E-state index is 0.136. The van der Waals surface area contributed by atoms with Gasteiger partial charge in [-0.1, -0.05) is 29.8 Å². The summed E-state index contributed by atoms with van der Waals surface area (Å²) in [5.74, 6) is -0.783. The van der Waals surface area contributed by atoms with E-state index in [-0.39, 0.29) is 6.42 Å². The monoisotopic (exact) mass is 247 g/mol. The Morgan fingerprint density at radius 1 is 1.35 bits per heavy atom. The highest BCUT2D eigenvalue weighted by atomic mass is 32.1. The molecule has 2 aromatic rings. The molecule has 3 nitrogen and oxygen atoms in total. The second-order valence-corrected chi connectivity index (χ2v) is 4.76. The molecule has 0 radical (unpaired) electrons. The zero-order chi connectivity index (χ0) is 12.3. The number of nitrogens with zero attached hydrogens (tertiary/aromatic N) is 1. The van der Waals surface area contributed by atoms with Crippen molar-refractivity contribution < 1.29 is 9.90 Å². The van der Waals surface area contributed by atoms with Crippen LogP contribution >= 0.6 is 11.3 Å². The molecule has 0 saturated heterocycles. The van der Waals surface area contributed by atoms with Gasteiger partial charge in [-0.2, -0.15) is 0 Å². The molecule has 4 heteroatoms. The lowest BCUT2D eigenvalue weighted by Gasteiger charge is -1.96. The van der Waals surface area contributed by atoms with Crippen LogP contribution in [0.4, 0.5) is 0 Å². The van der Waals surface area contributed by atoms with Gasteiger partial charge < -0.3 is 5.11 Å². The number of rotatable bonds is 4. The minimum Gasteiger partial charge on any atom is -0.481 e. The van der Waals surface area contributed by atoms with Crippen molar-refractivity contribution in [2.45, 2.75) is 19.8 Å². The average molecular weight is 247 g/mol. The molecule has 88 valence electrons. The molecule has 0 spiro atoms. The molecule has 1 aromatic carbocycles.